The van der Waals surface area contributed by atoms with Crippen LogP contribution in [0.4, 0.5) is 4.39 Å². The molecule has 0 aromatic heterocycles. The number of morpholine rings is 1. The summed E-state index contributed by atoms with van der Waals surface area (Å²) < 4.78 is 23.9. The van der Waals surface area contributed by atoms with Gasteiger partial charge >= 0.3 is 0 Å². The van der Waals surface area contributed by atoms with Crippen molar-refractivity contribution in [2.45, 2.75) is 18.9 Å². The van der Waals surface area contributed by atoms with Crippen molar-refractivity contribution < 1.29 is 23.5 Å². The fourth-order valence-corrected chi connectivity index (χ4v) is 2.83. The van der Waals surface area contributed by atoms with E-state index in [4.69, 9.17) is 9.47 Å². The number of hydrogen-bond acceptors (Lipinski definition) is 4. The molecule has 124 valence electrons. The molecule has 0 bridgehead atoms. The first-order chi connectivity index (χ1) is 11.1. The second kappa shape index (κ2) is 6.95. The number of rotatable bonds is 3. The molecular weight excluding hydrogens is 303 g/mol. The highest BCUT2D eigenvalue weighted by atomic mass is 19.1. The number of nitrogens with one attached hydrogen (secondary N) is 1. The molecule has 0 saturated carbocycles. The number of hydrogen-bond donors (Lipinski definition) is 1. The Kier molecular flexibility index (Phi) is 4.76. The van der Waals surface area contributed by atoms with E-state index < -0.39 is 0 Å². The van der Waals surface area contributed by atoms with Crippen molar-refractivity contribution >= 4 is 11.8 Å². The van der Waals surface area contributed by atoms with Gasteiger partial charge in [0.25, 0.3) is 0 Å². The van der Waals surface area contributed by atoms with Gasteiger partial charge in [0.1, 0.15) is 18.2 Å². The van der Waals surface area contributed by atoms with E-state index in [9.17, 15) is 14.0 Å². The lowest BCUT2D eigenvalue weighted by Gasteiger charge is -2.27. The fourth-order valence-electron chi connectivity index (χ4n) is 2.83. The summed E-state index contributed by atoms with van der Waals surface area (Å²) in [5, 5.41) is 2.93. The third kappa shape index (κ3) is 3.79. The van der Waals surface area contributed by atoms with Crippen LogP contribution in [0.2, 0.25) is 0 Å². The van der Waals surface area contributed by atoms with Gasteiger partial charge in [-0.1, -0.05) is 6.07 Å². The Morgan fingerprint density at radius 2 is 2.26 bits per heavy atom. The van der Waals surface area contributed by atoms with Crippen LogP contribution in [0.3, 0.4) is 0 Å². The summed E-state index contributed by atoms with van der Waals surface area (Å²) in [5.74, 6) is -0.314. The first-order valence-electron chi connectivity index (χ1n) is 7.70. The lowest BCUT2D eigenvalue weighted by molar-refractivity contribution is -0.146. The average Bonchev–Trinajstić information content (AvgIpc) is 2.71. The van der Waals surface area contributed by atoms with Gasteiger partial charge in [-0.15, -0.1) is 0 Å². The van der Waals surface area contributed by atoms with E-state index in [0.717, 1.165) is 12.0 Å². The minimum atomic E-state index is -0.366. The van der Waals surface area contributed by atoms with Gasteiger partial charge in [0.2, 0.25) is 11.8 Å². The van der Waals surface area contributed by atoms with Crippen LogP contribution in [0.1, 0.15) is 24.4 Å². The Balaban J connectivity index is 1.67. The van der Waals surface area contributed by atoms with Crippen LogP contribution in [-0.2, 0) is 14.3 Å². The van der Waals surface area contributed by atoms with Gasteiger partial charge in [0.15, 0.2) is 0 Å². The van der Waals surface area contributed by atoms with E-state index in [1.165, 1.54) is 17.0 Å². The summed E-state index contributed by atoms with van der Waals surface area (Å²) in [5.41, 5.74) is 0.769. The molecule has 0 aliphatic carbocycles. The average molecular weight is 322 g/mol. The zero-order valence-corrected chi connectivity index (χ0v) is 12.7. The molecule has 7 heteroatoms. The van der Waals surface area contributed by atoms with Crippen molar-refractivity contribution in [3.63, 3.8) is 0 Å². The van der Waals surface area contributed by atoms with E-state index in [0.29, 0.717) is 31.9 Å². The zero-order valence-electron chi connectivity index (χ0n) is 12.7. The molecule has 3 rings (SSSR count). The molecular formula is C16H19FN2O4. The van der Waals surface area contributed by atoms with Crippen LogP contribution >= 0.6 is 0 Å². The van der Waals surface area contributed by atoms with Crippen LogP contribution in [-0.4, -0.2) is 49.6 Å². The molecule has 1 saturated heterocycles. The molecule has 0 radical (unpaired) electrons. The molecule has 1 aromatic carbocycles. The molecule has 1 atom stereocenters. The van der Waals surface area contributed by atoms with Crippen LogP contribution in [0.25, 0.3) is 0 Å². The number of carbonyl (C=O) groups is 2. The predicted molar refractivity (Wildman–Crippen MR) is 79.4 cm³/mol. The number of benzene rings is 1. The lowest BCUT2D eigenvalue weighted by Crippen LogP contribution is -2.47. The first kappa shape index (κ1) is 15.7. The van der Waals surface area contributed by atoms with Crippen molar-refractivity contribution in [2.24, 2.45) is 0 Å². The highest BCUT2D eigenvalue weighted by Gasteiger charge is 2.25. The summed E-state index contributed by atoms with van der Waals surface area (Å²) in [7, 11) is 0. The van der Waals surface area contributed by atoms with Gasteiger partial charge in [-0.05, 0) is 18.9 Å². The van der Waals surface area contributed by atoms with E-state index in [2.05, 4.69) is 5.32 Å². The van der Waals surface area contributed by atoms with Gasteiger partial charge in [-0.25, -0.2) is 4.39 Å². The molecule has 2 aliphatic rings. The highest BCUT2D eigenvalue weighted by molar-refractivity contribution is 5.85. The molecule has 2 heterocycles. The van der Waals surface area contributed by atoms with E-state index >= 15 is 0 Å². The van der Waals surface area contributed by atoms with Crippen molar-refractivity contribution in [2.75, 3.05) is 32.9 Å². The van der Waals surface area contributed by atoms with Gasteiger partial charge < -0.3 is 19.7 Å². The number of halogens is 1. The molecule has 0 unspecified atom stereocenters. The Labute approximate surface area is 133 Å². The number of fused-ring (bicyclic) bond motifs is 1. The van der Waals surface area contributed by atoms with Gasteiger partial charge in [-0.3, -0.25) is 9.59 Å². The van der Waals surface area contributed by atoms with Gasteiger partial charge in [0.05, 0.1) is 25.8 Å². The highest BCUT2D eigenvalue weighted by Crippen LogP contribution is 2.32. The largest absolute Gasteiger partial charge is 0.493 e. The Bertz CT molecular complexity index is 608. The molecule has 1 fully saturated rings. The second-order valence-corrected chi connectivity index (χ2v) is 5.66. The Hall–Kier alpha value is -2.15. The SMILES string of the molecule is O=C(CN1CCOCC1=O)N[C@H]1CCCOc2cc(F)ccc21. The fraction of sp³-hybridized carbons (Fsp3) is 0.500. The molecule has 1 N–H and O–H groups in total. The molecule has 1 aromatic rings. The summed E-state index contributed by atoms with van der Waals surface area (Å²) in [4.78, 5) is 25.4. The van der Waals surface area contributed by atoms with Crippen molar-refractivity contribution in [1.82, 2.24) is 10.2 Å². The summed E-state index contributed by atoms with van der Waals surface area (Å²) in [6, 6.07) is 4.10. The maximum absolute atomic E-state index is 13.3. The maximum Gasteiger partial charge on any atom is 0.249 e. The second-order valence-electron chi connectivity index (χ2n) is 5.66. The number of ether oxygens (including phenoxy) is 2. The van der Waals surface area contributed by atoms with E-state index in [-0.39, 0.29) is 36.8 Å². The third-order valence-electron chi connectivity index (χ3n) is 4.00. The van der Waals surface area contributed by atoms with E-state index in [1.54, 1.807) is 6.07 Å². The minimum absolute atomic E-state index is 0.01000. The molecule has 6 nitrogen and oxygen atoms in total. The van der Waals surface area contributed by atoms with Crippen molar-refractivity contribution in [1.29, 1.82) is 0 Å². The standard InChI is InChI=1S/C16H19FN2O4/c17-11-3-4-12-13(2-1-6-23-14(12)8-11)18-15(20)9-19-5-7-22-10-16(19)21/h3-4,8,13H,1-2,5-7,9-10H2,(H,18,20)/t13-/m0/s1. The van der Waals surface area contributed by atoms with Gasteiger partial charge in [-0.2, -0.15) is 0 Å². The summed E-state index contributed by atoms with van der Waals surface area (Å²) in [6.45, 7) is 1.38. The zero-order chi connectivity index (χ0) is 16.2. The van der Waals surface area contributed by atoms with Crippen molar-refractivity contribution in [3.05, 3.63) is 29.6 Å². The third-order valence-corrected chi connectivity index (χ3v) is 4.00. The first-order valence-corrected chi connectivity index (χ1v) is 7.70. The quantitative estimate of drug-likeness (QED) is 0.902. The topological polar surface area (TPSA) is 67.9 Å². The molecule has 23 heavy (non-hydrogen) atoms. The monoisotopic (exact) mass is 322 g/mol. The number of amides is 2. The lowest BCUT2D eigenvalue weighted by atomic mass is 10.0. The van der Waals surface area contributed by atoms with Gasteiger partial charge in [0, 0.05) is 18.2 Å². The van der Waals surface area contributed by atoms with Crippen LogP contribution < -0.4 is 10.1 Å². The molecule has 2 amide bonds. The number of nitrogens with zero attached hydrogens (tertiary/aromatic N) is 1. The van der Waals surface area contributed by atoms with Crippen molar-refractivity contribution in [3.8, 4) is 5.75 Å². The maximum atomic E-state index is 13.3. The number of carbonyl (C=O) groups excluding carboxylic acids is 2. The van der Waals surface area contributed by atoms with E-state index in [1.807, 2.05) is 0 Å². The van der Waals surface area contributed by atoms with Crippen LogP contribution in [0.15, 0.2) is 18.2 Å². The van der Waals surface area contributed by atoms with Crippen LogP contribution in [0.5, 0.6) is 5.75 Å². The Morgan fingerprint density at radius 3 is 3.09 bits per heavy atom. The normalized spacial score (nSPS) is 21.2. The predicted octanol–water partition coefficient (Wildman–Crippen LogP) is 1.01. The summed E-state index contributed by atoms with van der Waals surface area (Å²) in [6.07, 6.45) is 1.47. The molecule has 0 spiro atoms. The summed E-state index contributed by atoms with van der Waals surface area (Å²) >= 11 is 0. The van der Waals surface area contributed by atoms with Crippen LogP contribution in [0, 0.1) is 5.82 Å². The molecule has 2 aliphatic heterocycles. The Morgan fingerprint density at radius 1 is 1.39 bits per heavy atom. The smallest absolute Gasteiger partial charge is 0.249 e. The minimum Gasteiger partial charge on any atom is -0.493 e.